The van der Waals surface area contributed by atoms with Crippen molar-refractivity contribution in [1.82, 2.24) is 0 Å². The van der Waals surface area contributed by atoms with Gasteiger partial charge in [0.15, 0.2) is 0 Å². The van der Waals surface area contributed by atoms with Crippen molar-refractivity contribution in [1.29, 1.82) is 0 Å². The summed E-state index contributed by atoms with van der Waals surface area (Å²) in [6.07, 6.45) is 0. The van der Waals surface area contributed by atoms with Gasteiger partial charge in [-0.15, -0.1) is 0 Å². The molecule has 3 aromatic carbocycles. The van der Waals surface area contributed by atoms with Crippen LogP contribution in [0.5, 0.6) is 0 Å². The minimum absolute atomic E-state index is 0.216. The second-order valence-electron chi connectivity index (χ2n) is 6.48. The third-order valence-corrected chi connectivity index (χ3v) is 7.01. The second kappa shape index (κ2) is 10.0. The molecule has 3 aromatic rings. The molecule has 3 rings (SSSR count). The number of non-ortho nitro benzene ring substituents is 1. The maximum atomic E-state index is 11.7. The molecule has 0 fully saturated rings. The van der Waals surface area contributed by atoms with Crippen LogP contribution in [0.25, 0.3) is 0 Å². The van der Waals surface area contributed by atoms with Gasteiger partial charge in [-0.1, -0.05) is 0 Å². The van der Waals surface area contributed by atoms with E-state index in [1.54, 1.807) is 24.3 Å². The van der Waals surface area contributed by atoms with Gasteiger partial charge in [-0.05, 0) is 24.3 Å². The first-order valence-corrected chi connectivity index (χ1v) is 13.8. The predicted molar refractivity (Wildman–Crippen MR) is 117 cm³/mol. The van der Waals surface area contributed by atoms with Gasteiger partial charge in [0, 0.05) is 0 Å². The maximum absolute atomic E-state index is 11.7. The molecule has 0 heterocycles. The molecule has 0 bridgehead atoms. The Hall–Kier alpha value is -3.75. The molecule has 0 spiro atoms. The van der Waals surface area contributed by atoms with Crippen LogP contribution in [0.15, 0.2) is 92.2 Å². The minimum atomic E-state index is -5.51. The topological polar surface area (TPSA) is 219 Å². The van der Waals surface area contributed by atoms with E-state index in [-0.39, 0.29) is 10.6 Å². The van der Waals surface area contributed by atoms with Crippen molar-refractivity contribution in [2.45, 2.75) is 4.90 Å². The van der Waals surface area contributed by atoms with Gasteiger partial charge in [0.05, 0.1) is 4.90 Å². The van der Waals surface area contributed by atoms with E-state index in [2.05, 4.69) is 26.0 Å². The number of anilines is 1. The zero-order chi connectivity index (χ0) is 24.9. The Balaban J connectivity index is 1.68. The summed E-state index contributed by atoms with van der Waals surface area (Å²) in [6.45, 7) is 0. The molecule has 0 radical (unpaired) electrons. The molecule has 0 saturated heterocycles. The molecule has 14 nitrogen and oxygen atoms in total. The number of nitrogens with one attached hydrogen (secondary N) is 1. The van der Waals surface area contributed by atoms with Crippen LogP contribution in [-0.2, 0) is 13.9 Å². The Labute approximate surface area is 194 Å². The fourth-order valence-corrected chi connectivity index (χ4v) is 4.45. The van der Waals surface area contributed by atoms with E-state index in [0.29, 0.717) is 17.1 Å². The van der Waals surface area contributed by atoms with E-state index in [9.17, 15) is 35.0 Å². The molecule has 0 unspecified atom stereocenters. The van der Waals surface area contributed by atoms with Gasteiger partial charge >= 0.3 is 142 Å². The van der Waals surface area contributed by atoms with Crippen LogP contribution in [0.2, 0.25) is 0 Å². The number of rotatable bonds is 8. The summed E-state index contributed by atoms with van der Waals surface area (Å²) >= 11 is -5.51. The Bertz CT molecular complexity index is 1420. The van der Waals surface area contributed by atoms with Gasteiger partial charge < -0.3 is 4.55 Å². The first-order valence-electron chi connectivity index (χ1n) is 9.02. The monoisotopic (exact) mass is 549 g/mol. The third-order valence-electron chi connectivity index (χ3n) is 4.09. The summed E-state index contributed by atoms with van der Waals surface area (Å²) in [5.41, 5.74) is 3.06. The molecule has 0 aromatic heterocycles. The number of nitro benzene ring substituents is 1. The van der Waals surface area contributed by atoms with Crippen molar-refractivity contribution < 1.29 is 29.8 Å². The van der Waals surface area contributed by atoms with Crippen LogP contribution in [0, 0.1) is 10.1 Å². The van der Waals surface area contributed by atoms with Crippen molar-refractivity contribution in [2.24, 2.45) is 20.6 Å². The van der Waals surface area contributed by atoms with Gasteiger partial charge in [0.25, 0.3) is 0 Å². The fraction of sp³-hybridized carbons (Fsp3) is 0. The Morgan fingerprint density at radius 3 is 1.94 bits per heavy atom. The normalized spacial score (nSPS) is 12.3. The van der Waals surface area contributed by atoms with E-state index in [1.165, 1.54) is 12.1 Å². The fourth-order valence-electron chi connectivity index (χ4n) is 2.48. The first kappa shape index (κ1) is 24.9. The number of azo groups is 1. The summed E-state index contributed by atoms with van der Waals surface area (Å²) < 4.78 is 62.8. The number of benzene rings is 3. The summed E-state index contributed by atoms with van der Waals surface area (Å²) in [5.74, 6) is 0. The summed E-state index contributed by atoms with van der Waals surface area (Å²) in [5, 5.41) is 26.1. The van der Waals surface area contributed by atoms with Crippen LogP contribution >= 0.6 is 0 Å². The van der Waals surface area contributed by atoms with Crippen molar-refractivity contribution in [3.05, 3.63) is 76.8 Å². The molecule has 0 aliphatic carbocycles. The summed E-state index contributed by atoms with van der Waals surface area (Å²) in [4.78, 5) is 9.68. The zero-order valence-electron chi connectivity index (χ0n) is 16.8. The van der Waals surface area contributed by atoms with Crippen molar-refractivity contribution >= 4 is 57.1 Å². The average molecular weight is 549 g/mol. The van der Waals surface area contributed by atoms with E-state index < -0.39 is 39.3 Å². The predicted octanol–water partition coefficient (Wildman–Crippen LogP) is 2.59. The van der Waals surface area contributed by atoms with Crippen LogP contribution in [0.1, 0.15) is 0 Å². The molecular weight excluding hydrogens is 535 g/mol. The van der Waals surface area contributed by atoms with Crippen LogP contribution in [0.4, 0.5) is 28.4 Å². The van der Waals surface area contributed by atoms with Gasteiger partial charge in [0.1, 0.15) is 10.1 Å². The SMILES string of the molecule is O=[N+]([O-])c1ccc(N=NNc2ccc(N=Nc3ccc(S(=O)(=O)[O-])cc3)cc2)c([As](=O)(O)O)c1. The van der Waals surface area contributed by atoms with Crippen molar-refractivity contribution in [2.75, 3.05) is 5.43 Å². The summed E-state index contributed by atoms with van der Waals surface area (Å²) in [6, 6.07) is 14.1. The van der Waals surface area contributed by atoms with Gasteiger partial charge in [-0.3, -0.25) is 0 Å². The van der Waals surface area contributed by atoms with Gasteiger partial charge in [-0.2, -0.15) is 0 Å². The quantitative estimate of drug-likeness (QED) is 0.123. The number of hydrogen-bond acceptors (Lipinski definition) is 10. The van der Waals surface area contributed by atoms with E-state index >= 15 is 0 Å². The van der Waals surface area contributed by atoms with E-state index in [0.717, 1.165) is 30.3 Å². The number of nitro groups is 1. The summed E-state index contributed by atoms with van der Waals surface area (Å²) in [7, 11) is -4.54. The second-order valence-corrected chi connectivity index (χ2v) is 11.2. The van der Waals surface area contributed by atoms with Crippen LogP contribution < -0.4 is 9.78 Å². The standard InChI is InChI=1S/C18H15AsN6O8S/c26-19(27,28)17-11-15(25(29)30)7-10-18(17)23-24-22-14-3-1-12(2-4-14)20-21-13-5-8-16(9-6-13)34(31,32)33/h1-11H,(H,22,23)(H2,26,27,28)(H,31,32,33)/p-1. The van der Waals surface area contributed by atoms with E-state index in [4.69, 9.17) is 0 Å². The van der Waals surface area contributed by atoms with Crippen molar-refractivity contribution in [3.63, 3.8) is 0 Å². The van der Waals surface area contributed by atoms with Gasteiger partial charge in [-0.25, -0.2) is 8.42 Å². The van der Waals surface area contributed by atoms with Crippen LogP contribution in [0.3, 0.4) is 0 Å². The Morgan fingerprint density at radius 2 is 1.44 bits per heavy atom. The molecule has 3 N–H and O–H groups in total. The molecule has 16 heteroatoms. The molecule has 0 aliphatic heterocycles. The molecule has 0 atom stereocenters. The third kappa shape index (κ3) is 6.63. The molecule has 176 valence electrons. The zero-order valence-corrected chi connectivity index (χ0v) is 19.5. The average Bonchev–Trinajstić information content (AvgIpc) is 2.77. The molecule has 0 saturated carbocycles. The van der Waals surface area contributed by atoms with E-state index in [1.807, 2.05) is 0 Å². The molecule has 34 heavy (non-hydrogen) atoms. The first-order chi connectivity index (χ1) is 15.9. The number of hydrogen-bond donors (Lipinski definition) is 3. The Morgan fingerprint density at radius 1 is 0.882 bits per heavy atom. The Kier molecular flexibility index (Phi) is 7.34. The molecular formula is C18H14AsN6O8S-. The molecule has 0 amide bonds. The molecule has 0 aliphatic rings. The number of nitrogens with zero attached hydrogens (tertiary/aromatic N) is 5. The van der Waals surface area contributed by atoms with Crippen LogP contribution in [-0.4, -0.2) is 40.3 Å². The van der Waals surface area contributed by atoms with Crippen molar-refractivity contribution in [3.8, 4) is 0 Å². The van der Waals surface area contributed by atoms with Gasteiger partial charge in [0.2, 0.25) is 0 Å².